The van der Waals surface area contributed by atoms with Gasteiger partial charge in [0.1, 0.15) is 29.5 Å². The first-order chi connectivity index (χ1) is 18.1. The van der Waals surface area contributed by atoms with Crippen LogP contribution in [0.25, 0.3) is 22.0 Å². The Balaban J connectivity index is 1.45. The minimum Gasteiger partial charge on any atom is -0.489 e. The largest absolute Gasteiger partial charge is 0.489 e. The van der Waals surface area contributed by atoms with Crippen molar-refractivity contribution in [2.75, 3.05) is 13.2 Å². The van der Waals surface area contributed by atoms with Crippen LogP contribution in [0.1, 0.15) is 38.2 Å². The van der Waals surface area contributed by atoms with E-state index in [0.29, 0.717) is 35.4 Å². The van der Waals surface area contributed by atoms with Crippen LogP contribution in [0.2, 0.25) is 0 Å². The maximum Gasteiger partial charge on any atom is 0.256 e. The number of aryl methyl sites for hydroxylation is 1. The number of amides is 1. The van der Waals surface area contributed by atoms with Gasteiger partial charge in [0.15, 0.2) is 0 Å². The highest BCUT2D eigenvalue weighted by Crippen LogP contribution is 2.35. The summed E-state index contributed by atoms with van der Waals surface area (Å²) in [7, 11) is 1.74. The number of rotatable bonds is 8. The third kappa shape index (κ3) is 4.54. The van der Waals surface area contributed by atoms with E-state index in [1.807, 2.05) is 13.8 Å². The number of hydrogen-bond donors (Lipinski definition) is 0. The zero-order valence-electron chi connectivity index (χ0n) is 22.1. The zero-order chi connectivity index (χ0) is 27.2. The van der Waals surface area contributed by atoms with E-state index in [4.69, 9.17) is 12.2 Å². The van der Waals surface area contributed by atoms with Crippen molar-refractivity contribution >= 4 is 16.8 Å². The van der Waals surface area contributed by atoms with Crippen LogP contribution in [-0.4, -0.2) is 44.9 Å². The lowest BCUT2D eigenvalue weighted by molar-refractivity contribution is 0.0555. The number of pyridine rings is 1. The van der Waals surface area contributed by atoms with Gasteiger partial charge in [-0.2, -0.15) is 5.10 Å². The molecule has 0 spiro atoms. The summed E-state index contributed by atoms with van der Waals surface area (Å²) in [4.78, 5) is 17.6. The second-order valence-corrected chi connectivity index (χ2v) is 8.77. The lowest BCUT2D eigenvalue weighted by atomic mass is 9.99. The predicted molar refractivity (Wildman–Crippen MR) is 130 cm³/mol. The van der Waals surface area contributed by atoms with E-state index in [0.717, 1.165) is 4.90 Å². The Kier molecular flexibility index (Phi) is 5.75. The van der Waals surface area contributed by atoms with Crippen LogP contribution < -0.4 is 4.74 Å². The number of benzene rings is 2. The number of aromatic nitrogens is 3. The van der Waals surface area contributed by atoms with Gasteiger partial charge in [-0.25, -0.2) is 8.78 Å². The number of ether oxygens (including phenoxy) is 2. The Morgan fingerprint density at radius 2 is 1.92 bits per heavy atom. The molecule has 3 heterocycles. The van der Waals surface area contributed by atoms with Crippen LogP contribution in [-0.2, 0) is 24.8 Å². The molecule has 1 aliphatic rings. The first kappa shape index (κ1) is 21.4. The van der Waals surface area contributed by atoms with Crippen LogP contribution in [0.3, 0.4) is 0 Å². The van der Waals surface area contributed by atoms with Crippen molar-refractivity contribution < 1.29 is 25.8 Å². The molecule has 1 amide bonds. The summed E-state index contributed by atoms with van der Waals surface area (Å²) in [5.74, 6) is -1.93. The van der Waals surface area contributed by atoms with Crippen LogP contribution in [0, 0.1) is 11.6 Å². The average molecular weight is 495 g/mol. The number of carbonyl (C=O) groups is 1. The quantitative estimate of drug-likeness (QED) is 0.327. The summed E-state index contributed by atoms with van der Waals surface area (Å²) in [5.41, 5.74) is 0.961. The smallest absolute Gasteiger partial charge is 0.256 e. The van der Waals surface area contributed by atoms with E-state index in [9.17, 15) is 4.79 Å². The normalized spacial score (nSPS) is 15.4. The summed E-state index contributed by atoms with van der Waals surface area (Å²) in [5, 5.41) is 5.11. The molecule has 0 N–H and O–H groups in total. The van der Waals surface area contributed by atoms with Gasteiger partial charge in [0.25, 0.3) is 5.91 Å². The number of fused-ring (bicyclic) bond motifs is 2. The van der Waals surface area contributed by atoms with Gasteiger partial charge in [-0.3, -0.25) is 14.5 Å². The fourth-order valence-corrected chi connectivity index (χ4v) is 4.17. The van der Waals surface area contributed by atoms with E-state index in [2.05, 4.69) is 10.1 Å². The zero-order valence-corrected chi connectivity index (χ0v) is 20.1. The lowest BCUT2D eigenvalue weighted by Crippen LogP contribution is -2.24. The number of halogens is 2. The maximum absolute atomic E-state index is 15.3. The van der Waals surface area contributed by atoms with Gasteiger partial charge in [0.05, 0.1) is 39.8 Å². The molecule has 1 aliphatic heterocycles. The summed E-state index contributed by atoms with van der Waals surface area (Å²) in [6.07, 6.45) is 3.20. The van der Waals surface area contributed by atoms with Crippen molar-refractivity contribution in [3.63, 3.8) is 0 Å². The predicted octanol–water partition coefficient (Wildman–Crippen LogP) is 4.87. The third-order valence-electron chi connectivity index (χ3n) is 5.84. The Labute approximate surface area is 210 Å². The molecule has 36 heavy (non-hydrogen) atoms. The highest BCUT2D eigenvalue weighted by molar-refractivity contribution is 5.98. The van der Waals surface area contributed by atoms with E-state index >= 15 is 8.78 Å². The van der Waals surface area contributed by atoms with Crippen molar-refractivity contribution in [1.29, 1.82) is 0 Å². The van der Waals surface area contributed by atoms with Crippen LogP contribution in [0.15, 0.2) is 48.8 Å². The van der Waals surface area contributed by atoms with Crippen LogP contribution in [0.5, 0.6) is 5.75 Å². The molecule has 0 bridgehead atoms. The molecule has 186 valence electrons. The summed E-state index contributed by atoms with van der Waals surface area (Å²) in [6.45, 7) is 1.71. The van der Waals surface area contributed by atoms with Gasteiger partial charge in [0, 0.05) is 30.4 Å². The highest BCUT2D eigenvalue weighted by Gasteiger charge is 2.29. The van der Waals surface area contributed by atoms with E-state index in [1.165, 1.54) is 30.5 Å². The third-order valence-corrected chi connectivity index (χ3v) is 5.84. The molecule has 0 unspecified atom stereocenters. The molecule has 0 saturated carbocycles. The molecule has 2 aromatic carbocycles. The number of carbonyl (C=O) groups excluding carboxylic acids is 1. The Bertz CT molecular complexity index is 1520. The standard InChI is InChI=1S/C27H26F2N4O3/c1-16(2)35-9-10-36-25-7-6-18(20-13-32(3)31-26(20)25)17-11-22(28)21(23(29)12-17)14-33-15-24-19(27(33)34)5-4-8-30-24/h4-8,11-13,16H,9-10,14-15H2,1-3H3/i15D2. The Morgan fingerprint density at radius 3 is 2.64 bits per heavy atom. The van der Waals surface area contributed by atoms with Gasteiger partial charge >= 0.3 is 0 Å². The molecular formula is C27H26F2N4O3. The topological polar surface area (TPSA) is 69.5 Å². The van der Waals surface area contributed by atoms with Crippen molar-refractivity contribution in [1.82, 2.24) is 19.7 Å². The lowest BCUT2D eigenvalue weighted by Gasteiger charge is -2.17. The molecule has 0 saturated heterocycles. The maximum atomic E-state index is 15.3. The van der Waals surface area contributed by atoms with Gasteiger partial charge in [-0.15, -0.1) is 0 Å². The van der Waals surface area contributed by atoms with Gasteiger partial charge in [-0.05, 0) is 61.4 Å². The van der Waals surface area contributed by atoms with Crippen LogP contribution in [0.4, 0.5) is 8.78 Å². The molecule has 0 radical (unpaired) electrons. The van der Waals surface area contributed by atoms with Gasteiger partial charge < -0.3 is 14.4 Å². The monoisotopic (exact) mass is 494 g/mol. The molecule has 0 fully saturated rings. The molecule has 5 rings (SSSR count). The Morgan fingerprint density at radius 1 is 1.14 bits per heavy atom. The van der Waals surface area contributed by atoms with Crippen molar-refractivity contribution in [3.8, 4) is 16.9 Å². The minimum absolute atomic E-state index is 0.0699. The Hall–Kier alpha value is -3.85. The minimum atomic E-state index is -2.30. The van der Waals surface area contributed by atoms with Crippen molar-refractivity contribution in [3.05, 3.63) is 77.2 Å². The fourth-order valence-electron chi connectivity index (χ4n) is 4.17. The summed E-state index contributed by atoms with van der Waals surface area (Å²) in [6, 6.07) is 8.73. The summed E-state index contributed by atoms with van der Waals surface area (Å²) >= 11 is 0. The fraction of sp³-hybridized carbons (Fsp3) is 0.296. The molecule has 0 aliphatic carbocycles. The molecule has 0 atom stereocenters. The molecule has 2 aromatic heterocycles. The molecule has 7 nitrogen and oxygen atoms in total. The summed E-state index contributed by atoms with van der Waals surface area (Å²) < 4.78 is 60.3. The molecule has 9 heteroatoms. The molecule has 4 aromatic rings. The number of hydrogen-bond acceptors (Lipinski definition) is 5. The van der Waals surface area contributed by atoms with E-state index in [-0.39, 0.29) is 22.9 Å². The SMILES string of the molecule is [2H]C1([2H])c2ncccc2C(=O)N1Cc1c(F)cc(-c2ccc(OCCOC(C)C)c3nn(C)cc23)cc1F. The first-order valence-corrected chi connectivity index (χ1v) is 11.5. The number of nitrogens with zero attached hydrogens (tertiary/aromatic N) is 4. The average Bonchev–Trinajstić information content (AvgIpc) is 3.34. The van der Waals surface area contributed by atoms with Crippen molar-refractivity contribution in [2.45, 2.75) is 33.0 Å². The van der Waals surface area contributed by atoms with Crippen LogP contribution >= 0.6 is 0 Å². The molecular weight excluding hydrogens is 466 g/mol. The second kappa shape index (κ2) is 9.66. The van der Waals surface area contributed by atoms with Gasteiger partial charge in [0.2, 0.25) is 0 Å². The van der Waals surface area contributed by atoms with Crippen molar-refractivity contribution in [2.24, 2.45) is 7.05 Å². The first-order valence-electron chi connectivity index (χ1n) is 12.5. The van der Waals surface area contributed by atoms with E-state index < -0.39 is 36.1 Å². The highest BCUT2D eigenvalue weighted by atomic mass is 19.1. The van der Waals surface area contributed by atoms with E-state index in [1.54, 1.807) is 30.1 Å². The van der Waals surface area contributed by atoms with Gasteiger partial charge in [-0.1, -0.05) is 0 Å². The second-order valence-electron chi connectivity index (χ2n) is 8.77.